The lowest BCUT2D eigenvalue weighted by Gasteiger charge is -2.26. The Morgan fingerprint density at radius 3 is 2.85 bits per heavy atom. The highest BCUT2D eigenvalue weighted by molar-refractivity contribution is 5.79. The molecule has 4 heteroatoms. The van der Waals surface area contributed by atoms with Crippen LogP contribution in [-0.4, -0.2) is 41.5 Å². The van der Waals surface area contributed by atoms with E-state index in [-0.39, 0.29) is 0 Å². The third-order valence-electron chi connectivity index (χ3n) is 3.71. The Bertz CT molecular complexity index is 530. The zero-order chi connectivity index (χ0) is 14.5. The van der Waals surface area contributed by atoms with Gasteiger partial charge < -0.3 is 15.2 Å². The van der Waals surface area contributed by atoms with Crippen molar-refractivity contribution in [1.29, 1.82) is 0 Å². The summed E-state index contributed by atoms with van der Waals surface area (Å²) >= 11 is 0. The average molecular weight is 274 g/mol. The predicted octanol–water partition coefficient (Wildman–Crippen LogP) is 2.63. The van der Waals surface area contributed by atoms with E-state index < -0.39 is 0 Å². The van der Waals surface area contributed by atoms with E-state index in [0.29, 0.717) is 6.04 Å². The van der Waals surface area contributed by atoms with Gasteiger partial charge in [-0.1, -0.05) is 13.8 Å². The SMILES string of the molecule is CC(C)CC(CNCc1c[nH]c2ncccc12)N(C)C. The Labute approximate surface area is 121 Å². The molecule has 0 bridgehead atoms. The molecule has 0 radical (unpaired) electrons. The molecule has 110 valence electrons. The number of nitrogens with one attached hydrogen (secondary N) is 2. The van der Waals surface area contributed by atoms with Crippen molar-refractivity contribution in [3.05, 3.63) is 30.1 Å². The van der Waals surface area contributed by atoms with Crippen molar-refractivity contribution in [2.45, 2.75) is 32.9 Å². The molecule has 2 rings (SSSR count). The Kier molecular flexibility index (Phi) is 5.15. The van der Waals surface area contributed by atoms with E-state index in [9.17, 15) is 0 Å². The van der Waals surface area contributed by atoms with Crippen LogP contribution >= 0.6 is 0 Å². The van der Waals surface area contributed by atoms with Crippen molar-refractivity contribution in [3.8, 4) is 0 Å². The fourth-order valence-electron chi connectivity index (χ4n) is 2.55. The molecule has 0 saturated carbocycles. The Balaban J connectivity index is 1.91. The number of hydrogen-bond acceptors (Lipinski definition) is 3. The first-order chi connectivity index (χ1) is 9.58. The average Bonchev–Trinajstić information content (AvgIpc) is 2.80. The highest BCUT2D eigenvalue weighted by Gasteiger charge is 2.13. The van der Waals surface area contributed by atoms with Gasteiger partial charge in [0, 0.05) is 36.9 Å². The number of aromatic nitrogens is 2. The Hall–Kier alpha value is -1.39. The molecule has 0 fully saturated rings. The third kappa shape index (κ3) is 3.81. The summed E-state index contributed by atoms with van der Waals surface area (Å²) in [5, 5.41) is 4.79. The summed E-state index contributed by atoms with van der Waals surface area (Å²) in [5.74, 6) is 0.724. The van der Waals surface area contributed by atoms with Gasteiger partial charge in [-0.25, -0.2) is 4.98 Å². The topological polar surface area (TPSA) is 44.0 Å². The molecule has 2 N–H and O–H groups in total. The van der Waals surface area contributed by atoms with Crippen LogP contribution in [0, 0.1) is 5.92 Å². The van der Waals surface area contributed by atoms with Crippen molar-refractivity contribution >= 4 is 11.0 Å². The standard InChI is InChI=1S/C16H26N4/c1-12(2)8-14(20(3)4)11-17-9-13-10-19-16-15(13)6-5-7-18-16/h5-7,10,12,14,17H,8-9,11H2,1-4H3,(H,18,19). The number of rotatable bonds is 7. The largest absolute Gasteiger partial charge is 0.346 e. The second-order valence-corrected chi connectivity index (χ2v) is 6.09. The Morgan fingerprint density at radius 2 is 2.15 bits per heavy atom. The molecule has 0 saturated heterocycles. The second-order valence-electron chi connectivity index (χ2n) is 6.09. The normalized spacial score (nSPS) is 13.5. The van der Waals surface area contributed by atoms with Crippen molar-refractivity contribution < 1.29 is 0 Å². The fraction of sp³-hybridized carbons (Fsp3) is 0.562. The molecular formula is C16H26N4. The highest BCUT2D eigenvalue weighted by Crippen LogP contribution is 2.15. The molecule has 0 spiro atoms. The molecule has 2 aromatic rings. The summed E-state index contributed by atoms with van der Waals surface area (Å²) < 4.78 is 0. The number of likely N-dealkylation sites (N-methyl/N-ethyl adjacent to an activating group) is 1. The van der Waals surface area contributed by atoms with Crippen molar-refractivity contribution in [2.75, 3.05) is 20.6 Å². The lowest BCUT2D eigenvalue weighted by molar-refractivity contribution is 0.247. The summed E-state index contributed by atoms with van der Waals surface area (Å²) in [6.07, 6.45) is 5.09. The number of H-pyrrole nitrogens is 1. The molecule has 2 heterocycles. The Morgan fingerprint density at radius 1 is 1.35 bits per heavy atom. The van der Waals surface area contributed by atoms with Crippen molar-refractivity contribution in [2.24, 2.45) is 5.92 Å². The van der Waals surface area contributed by atoms with Crippen LogP contribution in [0.15, 0.2) is 24.5 Å². The molecule has 2 aromatic heterocycles. The van der Waals surface area contributed by atoms with Crippen LogP contribution in [-0.2, 0) is 6.54 Å². The van der Waals surface area contributed by atoms with Gasteiger partial charge >= 0.3 is 0 Å². The van der Waals surface area contributed by atoms with E-state index in [0.717, 1.165) is 24.7 Å². The zero-order valence-corrected chi connectivity index (χ0v) is 13.0. The van der Waals surface area contributed by atoms with Gasteiger partial charge in [-0.2, -0.15) is 0 Å². The molecule has 1 atom stereocenters. The highest BCUT2D eigenvalue weighted by atomic mass is 15.1. The maximum absolute atomic E-state index is 4.32. The van der Waals surface area contributed by atoms with Gasteiger partial charge in [0.1, 0.15) is 5.65 Å². The minimum atomic E-state index is 0.582. The number of hydrogen-bond donors (Lipinski definition) is 2. The van der Waals surface area contributed by atoms with Gasteiger partial charge in [-0.3, -0.25) is 0 Å². The summed E-state index contributed by atoms with van der Waals surface area (Å²) in [7, 11) is 4.31. The molecule has 0 aliphatic heterocycles. The first-order valence-electron chi connectivity index (χ1n) is 7.36. The van der Waals surface area contributed by atoms with Crippen LogP contribution in [0.4, 0.5) is 0 Å². The van der Waals surface area contributed by atoms with Gasteiger partial charge in [0.2, 0.25) is 0 Å². The van der Waals surface area contributed by atoms with Gasteiger partial charge in [0.15, 0.2) is 0 Å². The van der Waals surface area contributed by atoms with Crippen LogP contribution in [0.3, 0.4) is 0 Å². The summed E-state index contributed by atoms with van der Waals surface area (Å²) in [6, 6.07) is 4.69. The quantitative estimate of drug-likeness (QED) is 0.816. The van der Waals surface area contributed by atoms with E-state index in [1.807, 2.05) is 12.3 Å². The van der Waals surface area contributed by atoms with E-state index in [4.69, 9.17) is 0 Å². The van der Waals surface area contributed by atoms with Crippen molar-refractivity contribution in [1.82, 2.24) is 20.2 Å². The maximum atomic E-state index is 4.32. The summed E-state index contributed by atoms with van der Waals surface area (Å²) in [5.41, 5.74) is 2.26. The third-order valence-corrected chi connectivity index (χ3v) is 3.71. The molecule has 0 aromatic carbocycles. The second kappa shape index (κ2) is 6.86. The molecule has 0 aliphatic carbocycles. The lowest BCUT2D eigenvalue weighted by atomic mass is 10.0. The zero-order valence-electron chi connectivity index (χ0n) is 13.0. The van der Waals surface area contributed by atoms with Crippen LogP contribution in [0.5, 0.6) is 0 Å². The number of aromatic amines is 1. The van der Waals surface area contributed by atoms with Gasteiger partial charge in [0.05, 0.1) is 0 Å². The van der Waals surface area contributed by atoms with Crippen LogP contribution < -0.4 is 5.32 Å². The maximum Gasteiger partial charge on any atom is 0.137 e. The van der Waals surface area contributed by atoms with Crippen LogP contribution in [0.1, 0.15) is 25.8 Å². The first kappa shape index (κ1) is 15.0. The van der Waals surface area contributed by atoms with Crippen LogP contribution in [0.25, 0.3) is 11.0 Å². The number of nitrogens with zero attached hydrogens (tertiary/aromatic N) is 2. The molecule has 20 heavy (non-hydrogen) atoms. The molecule has 0 amide bonds. The van der Waals surface area contributed by atoms with E-state index in [2.05, 4.69) is 60.4 Å². The minimum absolute atomic E-state index is 0.582. The molecular weight excluding hydrogens is 248 g/mol. The monoisotopic (exact) mass is 274 g/mol. The van der Waals surface area contributed by atoms with E-state index >= 15 is 0 Å². The summed E-state index contributed by atoms with van der Waals surface area (Å²) in [6.45, 7) is 6.45. The molecule has 4 nitrogen and oxygen atoms in total. The van der Waals surface area contributed by atoms with Crippen LogP contribution in [0.2, 0.25) is 0 Å². The van der Waals surface area contributed by atoms with Gasteiger partial charge in [-0.05, 0) is 44.1 Å². The predicted molar refractivity (Wildman–Crippen MR) is 84.7 cm³/mol. The van der Waals surface area contributed by atoms with Crippen molar-refractivity contribution in [3.63, 3.8) is 0 Å². The summed E-state index contributed by atoms with van der Waals surface area (Å²) in [4.78, 5) is 9.85. The van der Waals surface area contributed by atoms with E-state index in [1.54, 1.807) is 0 Å². The van der Waals surface area contributed by atoms with Gasteiger partial charge in [-0.15, -0.1) is 0 Å². The number of fused-ring (bicyclic) bond motifs is 1. The smallest absolute Gasteiger partial charge is 0.137 e. The van der Waals surface area contributed by atoms with E-state index in [1.165, 1.54) is 17.4 Å². The molecule has 0 aliphatic rings. The van der Waals surface area contributed by atoms with Gasteiger partial charge in [0.25, 0.3) is 0 Å². The molecule has 1 unspecified atom stereocenters. The fourth-order valence-corrected chi connectivity index (χ4v) is 2.55. The lowest BCUT2D eigenvalue weighted by Crippen LogP contribution is -2.38. The first-order valence-corrected chi connectivity index (χ1v) is 7.36. The number of pyridine rings is 1. The minimum Gasteiger partial charge on any atom is -0.346 e.